The van der Waals surface area contributed by atoms with Gasteiger partial charge in [0, 0.05) is 69.8 Å². The Bertz CT molecular complexity index is 1460. The Hall–Kier alpha value is -4.28. The number of carbonyl (C=O) groups is 3. The normalized spacial score (nSPS) is 17.2. The number of hydrogen-bond acceptors (Lipinski definition) is 9. The number of oxazole rings is 1. The zero-order valence-corrected chi connectivity index (χ0v) is 24.1. The molecule has 2 saturated heterocycles. The first-order valence-corrected chi connectivity index (χ1v) is 14.9. The first-order chi connectivity index (χ1) is 20.4. The van der Waals surface area contributed by atoms with E-state index >= 15 is 0 Å². The molecule has 0 radical (unpaired) electrons. The third kappa shape index (κ3) is 6.45. The van der Waals surface area contributed by atoms with Crippen LogP contribution in [0.25, 0.3) is 0 Å². The van der Waals surface area contributed by atoms with Crippen LogP contribution >= 0.6 is 0 Å². The van der Waals surface area contributed by atoms with Crippen molar-refractivity contribution in [3.63, 3.8) is 0 Å². The van der Waals surface area contributed by atoms with Gasteiger partial charge in [-0.2, -0.15) is 0 Å². The number of nitrogens with zero attached hydrogens (tertiary/aromatic N) is 6. The quantitative estimate of drug-likeness (QED) is 0.266. The van der Waals surface area contributed by atoms with Gasteiger partial charge in [0.2, 0.25) is 5.91 Å². The molecule has 11 nitrogen and oxygen atoms in total. The number of benzene rings is 1. The summed E-state index contributed by atoms with van der Waals surface area (Å²) >= 11 is 0. The van der Waals surface area contributed by atoms with Crippen LogP contribution in [0.1, 0.15) is 83.3 Å². The lowest BCUT2D eigenvalue weighted by Crippen LogP contribution is -2.47. The number of nitrogens with one attached hydrogen (secondary N) is 1. The number of aryl methyl sites for hydroxylation is 1. The number of likely N-dealkylation sites (tertiary alicyclic amines) is 1. The first-order valence-electron chi connectivity index (χ1n) is 14.9. The topological polar surface area (TPSA) is 125 Å². The Morgan fingerprint density at radius 3 is 2.57 bits per heavy atom. The van der Waals surface area contributed by atoms with E-state index in [1.807, 2.05) is 24.0 Å². The highest BCUT2D eigenvalue weighted by Gasteiger charge is 2.30. The molecule has 2 aromatic heterocycles. The lowest BCUT2D eigenvalue weighted by Gasteiger charge is -2.37. The van der Waals surface area contributed by atoms with Crippen LogP contribution in [0.2, 0.25) is 0 Å². The number of aromatic nitrogens is 3. The summed E-state index contributed by atoms with van der Waals surface area (Å²) in [5.74, 6) is 1.64. The zero-order chi connectivity index (χ0) is 29.1. The number of anilines is 3. The van der Waals surface area contributed by atoms with Gasteiger partial charge in [-0.15, -0.1) is 0 Å². The van der Waals surface area contributed by atoms with E-state index in [0.717, 1.165) is 75.6 Å². The molecular weight excluding hydrogens is 534 g/mol. The molecule has 220 valence electrons. The Morgan fingerprint density at radius 2 is 1.83 bits per heavy atom. The van der Waals surface area contributed by atoms with E-state index in [1.165, 1.54) is 6.26 Å². The smallest absolute Gasteiger partial charge is 0.277 e. The number of hydrogen-bond donors (Lipinski definition) is 1. The van der Waals surface area contributed by atoms with Gasteiger partial charge in [0.15, 0.2) is 17.4 Å². The maximum absolute atomic E-state index is 13.2. The number of piperazine rings is 1. The average Bonchev–Trinajstić information content (AvgIpc) is 3.58. The fourth-order valence-electron chi connectivity index (χ4n) is 5.63. The number of amides is 2. The van der Waals surface area contributed by atoms with Gasteiger partial charge < -0.3 is 24.4 Å². The first kappa shape index (κ1) is 27.9. The Morgan fingerprint density at radius 1 is 1.02 bits per heavy atom. The van der Waals surface area contributed by atoms with Crippen LogP contribution in [-0.2, 0) is 4.79 Å². The van der Waals surface area contributed by atoms with Crippen molar-refractivity contribution >= 4 is 34.8 Å². The molecule has 3 aliphatic rings. The minimum absolute atomic E-state index is 0.0186. The molecule has 3 fully saturated rings. The second kappa shape index (κ2) is 12.3. The Labute approximate surface area is 245 Å². The summed E-state index contributed by atoms with van der Waals surface area (Å²) < 4.78 is 5.54. The standard InChI is InChI=1S/C31H37N7O4/c1-21-18-32-19-28(33-21)37-15-13-36(14-16-37)26-10-9-23(27(39)5-2-3-11-38-12-4-6-29(38)40)17-24(26)34-30(41)25-20-42-31(35-25)22-7-8-22/h9-10,17-20,22H,2-8,11-16H2,1H3,(H,34,41). The predicted octanol–water partition coefficient (Wildman–Crippen LogP) is 4.20. The molecule has 11 heteroatoms. The molecule has 42 heavy (non-hydrogen) atoms. The van der Waals surface area contributed by atoms with E-state index in [4.69, 9.17) is 4.42 Å². The summed E-state index contributed by atoms with van der Waals surface area (Å²) in [5, 5.41) is 3.02. The summed E-state index contributed by atoms with van der Waals surface area (Å²) in [7, 11) is 0. The van der Waals surface area contributed by atoms with Crippen LogP contribution in [0.5, 0.6) is 0 Å². The molecule has 0 unspecified atom stereocenters. The van der Waals surface area contributed by atoms with Gasteiger partial charge in [-0.1, -0.05) is 0 Å². The molecule has 3 aromatic rings. The molecule has 0 spiro atoms. The van der Waals surface area contributed by atoms with Crippen molar-refractivity contribution in [3.8, 4) is 0 Å². The van der Waals surface area contributed by atoms with Gasteiger partial charge >= 0.3 is 0 Å². The number of Topliss-reactive ketones (excluding diaryl/α,β-unsaturated/α-hetero) is 1. The molecule has 0 atom stereocenters. The molecule has 0 bridgehead atoms. The van der Waals surface area contributed by atoms with Crippen molar-refractivity contribution in [3.05, 3.63) is 59.7 Å². The highest BCUT2D eigenvalue weighted by Crippen LogP contribution is 2.39. The third-order valence-electron chi connectivity index (χ3n) is 8.19. The fraction of sp³-hybridized carbons (Fsp3) is 0.484. The summed E-state index contributed by atoms with van der Waals surface area (Å²) in [6, 6.07) is 5.54. The van der Waals surface area contributed by atoms with Crippen LogP contribution in [-0.4, -0.2) is 76.7 Å². The second-order valence-electron chi connectivity index (χ2n) is 11.4. The molecule has 6 rings (SSSR count). The van der Waals surface area contributed by atoms with Crippen molar-refractivity contribution in [1.29, 1.82) is 0 Å². The van der Waals surface area contributed by atoms with E-state index in [9.17, 15) is 14.4 Å². The molecule has 4 heterocycles. The van der Waals surface area contributed by atoms with Crippen molar-refractivity contribution in [2.75, 3.05) is 54.4 Å². The summed E-state index contributed by atoms with van der Waals surface area (Å²) in [6.07, 6.45) is 10.4. The number of rotatable bonds is 11. The molecule has 1 N–H and O–H groups in total. The highest BCUT2D eigenvalue weighted by atomic mass is 16.3. The van der Waals surface area contributed by atoms with Crippen LogP contribution in [0, 0.1) is 6.92 Å². The van der Waals surface area contributed by atoms with Gasteiger partial charge in [0.05, 0.1) is 23.3 Å². The van der Waals surface area contributed by atoms with Crippen LogP contribution in [0.4, 0.5) is 17.2 Å². The third-order valence-corrected chi connectivity index (χ3v) is 8.19. The van der Waals surface area contributed by atoms with Crippen molar-refractivity contribution in [2.45, 2.75) is 57.8 Å². The second-order valence-corrected chi connectivity index (χ2v) is 11.4. The molecular formula is C31H37N7O4. The van der Waals surface area contributed by atoms with Crippen LogP contribution in [0.15, 0.2) is 41.3 Å². The number of ketones is 1. The van der Waals surface area contributed by atoms with Crippen LogP contribution < -0.4 is 15.1 Å². The summed E-state index contributed by atoms with van der Waals surface area (Å²) in [6.45, 7) is 6.39. The van der Waals surface area contributed by atoms with Gasteiger partial charge in [0.1, 0.15) is 12.1 Å². The van der Waals surface area contributed by atoms with Gasteiger partial charge in [-0.25, -0.2) is 9.97 Å². The predicted molar refractivity (Wildman–Crippen MR) is 158 cm³/mol. The van der Waals surface area contributed by atoms with E-state index in [2.05, 4.69) is 30.1 Å². The number of carbonyl (C=O) groups excluding carboxylic acids is 3. The van der Waals surface area contributed by atoms with Gasteiger partial charge in [0.25, 0.3) is 5.91 Å². The minimum atomic E-state index is -0.361. The maximum atomic E-state index is 13.2. The van der Waals surface area contributed by atoms with E-state index in [-0.39, 0.29) is 23.3 Å². The summed E-state index contributed by atoms with van der Waals surface area (Å²) in [4.78, 5) is 57.8. The largest absolute Gasteiger partial charge is 0.448 e. The van der Waals surface area contributed by atoms with E-state index in [1.54, 1.807) is 18.5 Å². The van der Waals surface area contributed by atoms with E-state index < -0.39 is 0 Å². The van der Waals surface area contributed by atoms with Gasteiger partial charge in [-0.3, -0.25) is 19.4 Å². The zero-order valence-electron chi connectivity index (χ0n) is 24.1. The Kier molecular flexibility index (Phi) is 8.16. The van der Waals surface area contributed by atoms with Gasteiger partial charge in [-0.05, 0) is 57.2 Å². The van der Waals surface area contributed by atoms with Crippen LogP contribution in [0.3, 0.4) is 0 Å². The van der Waals surface area contributed by atoms with Crippen molar-refractivity contribution < 1.29 is 18.8 Å². The SMILES string of the molecule is Cc1cncc(N2CCN(c3ccc(C(=O)CCCCN4CCCC4=O)cc3NC(=O)c3coc(C4CC4)n3)CC2)n1. The molecule has 1 aliphatic carbocycles. The number of unbranched alkanes of at least 4 members (excludes halogenated alkanes) is 1. The fourth-order valence-corrected chi connectivity index (χ4v) is 5.63. The summed E-state index contributed by atoms with van der Waals surface area (Å²) in [5.41, 5.74) is 3.10. The Balaban J connectivity index is 1.15. The monoisotopic (exact) mass is 571 g/mol. The lowest BCUT2D eigenvalue weighted by atomic mass is 10.0. The highest BCUT2D eigenvalue weighted by molar-refractivity contribution is 6.06. The molecule has 1 saturated carbocycles. The average molecular weight is 572 g/mol. The van der Waals surface area contributed by atoms with Crippen molar-refractivity contribution in [2.24, 2.45) is 0 Å². The minimum Gasteiger partial charge on any atom is -0.448 e. The maximum Gasteiger partial charge on any atom is 0.277 e. The molecule has 2 amide bonds. The van der Waals surface area contributed by atoms with E-state index in [0.29, 0.717) is 48.9 Å². The van der Waals surface area contributed by atoms with Crippen molar-refractivity contribution in [1.82, 2.24) is 19.9 Å². The molecule has 1 aromatic carbocycles. The lowest BCUT2D eigenvalue weighted by molar-refractivity contribution is -0.127. The molecule has 2 aliphatic heterocycles.